The first kappa shape index (κ1) is 13.3. The van der Waals surface area contributed by atoms with Gasteiger partial charge >= 0.3 is 0 Å². The Morgan fingerprint density at radius 2 is 2.22 bits per heavy atom. The number of rotatable bonds is 4. The monoisotopic (exact) mass is 307 g/mol. The van der Waals surface area contributed by atoms with Crippen molar-refractivity contribution in [2.24, 2.45) is 5.73 Å². The number of nitrogens with zero attached hydrogens (tertiary/aromatic N) is 2. The van der Waals surface area contributed by atoms with Crippen LogP contribution >= 0.6 is 15.9 Å². The van der Waals surface area contributed by atoms with E-state index in [1.807, 2.05) is 18.5 Å². The lowest BCUT2D eigenvalue weighted by molar-refractivity contribution is 0.626. The smallest absolute Gasteiger partial charge is 0.110 e. The van der Waals surface area contributed by atoms with Gasteiger partial charge in [0.05, 0.1) is 0 Å². The minimum atomic E-state index is -0.00852. The van der Waals surface area contributed by atoms with E-state index in [4.69, 9.17) is 5.73 Å². The lowest BCUT2D eigenvalue weighted by Gasteiger charge is -2.15. The molecule has 0 saturated heterocycles. The molecule has 0 saturated carbocycles. The Bertz CT molecular complexity index is 534. The number of benzene rings is 1. The SMILES string of the molecule is CCn1ccnc1CC(N)c1ccc(Br)cc1C. The third kappa shape index (κ3) is 2.82. The first-order valence-electron chi connectivity index (χ1n) is 6.13. The predicted octanol–water partition coefficient (Wildman–Crippen LogP) is 3.22. The molecule has 1 aromatic carbocycles. The number of aryl methyl sites for hydroxylation is 2. The van der Waals surface area contributed by atoms with Gasteiger partial charge in [-0.05, 0) is 37.1 Å². The fraction of sp³-hybridized carbons (Fsp3) is 0.357. The van der Waals surface area contributed by atoms with Crippen molar-refractivity contribution < 1.29 is 0 Å². The van der Waals surface area contributed by atoms with E-state index in [0.29, 0.717) is 0 Å². The summed E-state index contributed by atoms with van der Waals surface area (Å²) in [5, 5.41) is 0. The van der Waals surface area contributed by atoms with Gasteiger partial charge in [-0.3, -0.25) is 0 Å². The standard InChI is InChI=1S/C14H18BrN3/c1-3-18-7-6-17-14(18)9-13(16)12-5-4-11(15)8-10(12)2/h4-8,13H,3,9,16H2,1-2H3. The molecule has 1 heterocycles. The van der Waals surface area contributed by atoms with Crippen molar-refractivity contribution in [2.45, 2.75) is 32.9 Å². The van der Waals surface area contributed by atoms with Crippen molar-refractivity contribution in [1.82, 2.24) is 9.55 Å². The number of nitrogens with two attached hydrogens (primary N) is 1. The highest BCUT2D eigenvalue weighted by molar-refractivity contribution is 9.10. The van der Waals surface area contributed by atoms with Crippen LogP contribution in [0, 0.1) is 6.92 Å². The molecule has 1 aromatic heterocycles. The van der Waals surface area contributed by atoms with Crippen LogP contribution in [0.25, 0.3) is 0 Å². The minimum Gasteiger partial charge on any atom is -0.335 e. The maximum Gasteiger partial charge on any atom is 0.110 e. The largest absolute Gasteiger partial charge is 0.335 e. The number of hydrogen-bond donors (Lipinski definition) is 1. The summed E-state index contributed by atoms with van der Waals surface area (Å²) < 4.78 is 3.22. The zero-order chi connectivity index (χ0) is 13.1. The molecule has 2 aromatic rings. The summed E-state index contributed by atoms with van der Waals surface area (Å²) in [5.41, 5.74) is 8.69. The zero-order valence-electron chi connectivity index (χ0n) is 10.7. The van der Waals surface area contributed by atoms with Gasteiger partial charge < -0.3 is 10.3 Å². The number of halogens is 1. The quantitative estimate of drug-likeness (QED) is 0.942. The molecule has 0 amide bonds. The second kappa shape index (κ2) is 5.67. The van der Waals surface area contributed by atoms with Crippen LogP contribution in [0.15, 0.2) is 35.1 Å². The summed E-state index contributed by atoms with van der Waals surface area (Å²) >= 11 is 3.47. The van der Waals surface area contributed by atoms with Crippen LogP contribution in [0.5, 0.6) is 0 Å². The van der Waals surface area contributed by atoms with Gasteiger partial charge in [0.1, 0.15) is 5.82 Å². The highest BCUT2D eigenvalue weighted by Gasteiger charge is 2.12. The molecule has 0 aliphatic carbocycles. The Morgan fingerprint density at radius 3 is 2.89 bits per heavy atom. The first-order valence-corrected chi connectivity index (χ1v) is 6.92. The lowest BCUT2D eigenvalue weighted by Crippen LogP contribution is -2.17. The molecular weight excluding hydrogens is 290 g/mol. The topological polar surface area (TPSA) is 43.8 Å². The molecule has 0 aliphatic rings. The Balaban J connectivity index is 2.19. The van der Waals surface area contributed by atoms with Gasteiger partial charge in [0, 0.05) is 35.9 Å². The summed E-state index contributed by atoms with van der Waals surface area (Å²) in [6.45, 7) is 5.13. The molecule has 0 radical (unpaired) electrons. The summed E-state index contributed by atoms with van der Waals surface area (Å²) in [7, 11) is 0. The van der Waals surface area contributed by atoms with Crippen molar-refractivity contribution in [3.8, 4) is 0 Å². The van der Waals surface area contributed by atoms with E-state index in [1.54, 1.807) is 0 Å². The van der Waals surface area contributed by atoms with Crippen LogP contribution in [-0.2, 0) is 13.0 Å². The molecule has 2 rings (SSSR count). The maximum absolute atomic E-state index is 6.29. The average molecular weight is 308 g/mol. The summed E-state index contributed by atoms with van der Waals surface area (Å²) in [6.07, 6.45) is 4.60. The minimum absolute atomic E-state index is 0.00852. The van der Waals surface area contributed by atoms with Crippen molar-refractivity contribution in [1.29, 1.82) is 0 Å². The Hall–Kier alpha value is -1.13. The van der Waals surface area contributed by atoms with E-state index in [1.165, 1.54) is 11.1 Å². The van der Waals surface area contributed by atoms with Crippen LogP contribution in [0.3, 0.4) is 0 Å². The van der Waals surface area contributed by atoms with Crippen molar-refractivity contribution in [3.05, 3.63) is 52.0 Å². The van der Waals surface area contributed by atoms with Crippen molar-refractivity contribution in [3.63, 3.8) is 0 Å². The molecule has 0 fully saturated rings. The number of imidazole rings is 1. The summed E-state index contributed by atoms with van der Waals surface area (Å²) in [5.74, 6) is 1.05. The molecule has 18 heavy (non-hydrogen) atoms. The second-order valence-electron chi connectivity index (χ2n) is 4.44. The van der Waals surface area contributed by atoms with Gasteiger partial charge in [-0.1, -0.05) is 22.0 Å². The maximum atomic E-state index is 6.29. The average Bonchev–Trinajstić information content (AvgIpc) is 2.76. The van der Waals surface area contributed by atoms with Crippen molar-refractivity contribution in [2.75, 3.05) is 0 Å². The van der Waals surface area contributed by atoms with E-state index in [-0.39, 0.29) is 6.04 Å². The Kier molecular flexibility index (Phi) is 4.19. The van der Waals surface area contributed by atoms with Crippen molar-refractivity contribution >= 4 is 15.9 Å². The summed E-state index contributed by atoms with van der Waals surface area (Å²) in [6, 6.07) is 6.21. The van der Waals surface area contributed by atoms with E-state index in [9.17, 15) is 0 Å². The second-order valence-corrected chi connectivity index (χ2v) is 5.36. The lowest BCUT2D eigenvalue weighted by atomic mass is 9.99. The van der Waals surface area contributed by atoms with E-state index in [0.717, 1.165) is 23.3 Å². The third-order valence-electron chi connectivity index (χ3n) is 3.18. The Morgan fingerprint density at radius 1 is 1.44 bits per heavy atom. The molecule has 2 N–H and O–H groups in total. The third-order valence-corrected chi connectivity index (χ3v) is 3.67. The van der Waals surface area contributed by atoms with Crippen LogP contribution in [0.1, 0.15) is 29.9 Å². The van der Waals surface area contributed by atoms with Gasteiger partial charge in [0.25, 0.3) is 0 Å². The molecule has 1 atom stereocenters. The number of hydrogen-bond acceptors (Lipinski definition) is 2. The zero-order valence-corrected chi connectivity index (χ0v) is 12.3. The normalized spacial score (nSPS) is 12.7. The number of aromatic nitrogens is 2. The van der Waals surface area contributed by atoms with Gasteiger partial charge in [-0.2, -0.15) is 0 Å². The molecular formula is C14H18BrN3. The molecule has 0 bridgehead atoms. The highest BCUT2D eigenvalue weighted by Crippen LogP contribution is 2.22. The fourth-order valence-electron chi connectivity index (χ4n) is 2.18. The van der Waals surface area contributed by atoms with Gasteiger partial charge in [-0.15, -0.1) is 0 Å². The predicted molar refractivity (Wildman–Crippen MR) is 77.4 cm³/mol. The van der Waals surface area contributed by atoms with E-state index in [2.05, 4.69) is 51.5 Å². The van der Waals surface area contributed by atoms with Gasteiger partial charge in [0.2, 0.25) is 0 Å². The van der Waals surface area contributed by atoms with E-state index >= 15 is 0 Å². The van der Waals surface area contributed by atoms with E-state index < -0.39 is 0 Å². The molecule has 3 nitrogen and oxygen atoms in total. The molecule has 96 valence electrons. The van der Waals surface area contributed by atoms with Crippen LogP contribution in [-0.4, -0.2) is 9.55 Å². The first-order chi connectivity index (χ1) is 8.61. The van der Waals surface area contributed by atoms with Gasteiger partial charge in [0.15, 0.2) is 0 Å². The Labute approximate surface area is 116 Å². The molecule has 0 aliphatic heterocycles. The van der Waals surface area contributed by atoms with Crippen LogP contribution < -0.4 is 5.73 Å². The van der Waals surface area contributed by atoms with Crippen LogP contribution in [0.2, 0.25) is 0 Å². The molecule has 1 unspecified atom stereocenters. The highest BCUT2D eigenvalue weighted by atomic mass is 79.9. The van der Waals surface area contributed by atoms with Crippen LogP contribution in [0.4, 0.5) is 0 Å². The van der Waals surface area contributed by atoms with Gasteiger partial charge in [-0.25, -0.2) is 4.98 Å². The molecule has 0 spiro atoms. The fourth-order valence-corrected chi connectivity index (χ4v) is 2.66. The summed E-state index contributed by atoms with van der Waals surface area (Å²) in [4.78, 5) is 4.37. The molecule has 4 heteroatoms.